The number of carbonyl (C=O) groups is 1. The summed E-state index contributed by atoms with van der Waals surface area (Å²) < 4.78 is 3.42. The largest absolute Gasteiger partial charge is 0.299 e. The molecule has 0 radical (unpaired) electrons. The molecule has 1 amide bonds. The maximum atomic E-state index is 12.3. The SMILES string of the molecule is Cc1ccc(C=C2S/C(=N\N=Cc3c(C)nn(-c4ccccc4)c3-n3cncn3)NC2=O)cc1. The maximum absolute atomic E-state index is 12.3. The second-order valence-corrected chi connectivity index (χ2v) is 8.57. The van der Waals surface area contributed by atoms with Crippen LogP contribution >= 0.6 is 11.8 Å². The summed E-state index contributed by atoms with van der Waals surface area (Å²) in [4.78, 5) is 17.0. The van der Waals surface area contributed by atoms with E-state index in [1.807, 2.05) is 74.5 Å². The topological polar surface area (TPSA) is 102 Å². The van der Waals surface area contributed by atoms with Crippen molar-refractivity contribution in [3.8, 4) is 11.5 Å². The lowest BCUT2D eigenvalue weighted by atomic mass is 10.1. The third-order valence-electron chi connectivity index (χ3n) is 5.08. The van der Waals surface area contributed by atoms with Crippen LogP contribution < -0.4 is 5.32 Å². The van der Waals surface area contributed by atoms with E-state index in [-0.39, 0.29) is 5.91 Å². The number of aromatic nitrogens is 5. The minimum absolute atomic E-state index is 0.198. The molecule has 0 saturated carbocycles. The summed E-state index contributed by atoms with van der Waals surface area (Å²) in [6, 6.07) is 17.7. The van der Waals surface area contributed by atoms with Gasteiger partial charge >= 0.3 is 0 Å². The summed E-state index contributed by atoms with van der Waals surface area (Å²) in [5.41, 5.74) is 4.49. The Morgan fingerprint density at radius 2 is 1.85 bits per heavy atom. The van der Waals surface area contributed by atoms with E-state index in [1.54, 1.807) is 21.9 Å². The van der Waals surface area contributed by atoms with Gasteiger partial charge in [0.15, 0.2) is 11.0 Å². The molecule has 0 unspecified atom stereocenters. The van der Waals surface area contributed by atoms with Gasteiger partial charge in [0, 0.05) is 0 Å². The van der Waals surface area contributed by atoms with Gasteiger partial charge in [-0.05, 0) is 49.4 Å². The molecular formula is C24H20N8OS. The molecule has 168 valence electrons. The lowest BCUT2D eigenvalue weighted by Gasteiger charge is -2.07. The van der Waals surface area contributed by atoms with Gasteiger partial charge in [-0.1, -0.05) is 48.0 Å². The molecule has 5 rings (SSSR count). The highest BCUT2D eigenvalue weighted by atomic mass is 32.2. The number of nitrogens with one attached hydrogen (secondary N) is 1. The van der Waals surface area contributed by atoms with E-state index in [0.29, 0.717) is 15.9 Å². The van der Waals surface area contributed by atoms with E-state index >= 15 is 0 Å². The molecule has 0 bridgehead atoms. The summed E-state index contributed by atoms with van der Waals surface area (Å²) in [7, 11) is 0. The molecule has 1 aliphatic heterocycles. The Bertz CT molecular complexity index is 1420. The van der Waals surface area contributed by atoms with Crippen molar-refractivity contribution >= 4 is 35.1 Å². The normalized spacial score (nSPS) is 16.1. The van der Waals surface area contributed by atoms with Crippen LogP contribution in [-0.4, -0.2) is 41.8 Å². The number of amidine groups is 1. The molecule has 2 aromatic heterocycles. The van der Waals surface area contributed by atoms with E-state index in [4.69, 9.17) is 0 Å². The molecule has 0 aliphatic carbocycles. The molecule has 1 aliphatic rings. The van der Waals surface area contributed by atoms with E-state index in [9.17, 15) is 4.79 Å². The van der Waals surface area contributed by atoms with Gasteiger partial charge in [0.1, 0.15) is 12.7 Å². The van der Waals surface area contributed by atoms with Gasteiger partial charge in [0.25, 0.3) is 5.91 Å². The van der Waals surface area contributed by atoms with Crippen LogP contribution in [0.4, 0.5) is 0 Å². The quantitative estimate of drug-likeness (QED) is 0.274. The first-order valence-corrected chi connectivity index (χ1v) is 11.3. The van der Waals surface area contributed by atoms with Gasteiger partial charge in [-0.25, -0.2) is 14.3 Å². The van der Waals surface area contributed by atoms with Gasteiger partial charge in [-0.15, -0.1) is 5.10 Å². The summed E-state index contributed by atoms with van der Waals surface area (Å²) in [6.45, 7) is 3.92. The van der Waals surface area contributed by atoms with Gasteiger partial charge in [-0.3, -0.25) is 10.1 Å². The zero-order chi connectivity index (χ0) is 23.5. The Morgan fingerprint density at radius 1 is 1.06 bits per heavy atom. The summed E-state index contributed by atoms with van der Waals surface area (Å²) >= 11 is 1.25. The van der Waals surface area contributed by atoms with Crippen molar-refractivity contribution in [2.24, 2.45) is 10.2 Å². The molecular weight excluding hydrogens is 448 g/mol. The molecule has 0 atom stereocenters. The highest BCUT2D eigenvalue weighted by Gasteiger charge is 2.24. The van der Waals surface area contributed by atoms with Gasteiger partial charge in [0.2, 0.25) is 0 Å². The van der Waals surface area contributed by atoms with Crippen LogP contribution in [0.5, 0.6) is 0 Å². The smallest absolute Gasteiger partial charge is 0.264 e. The van der Waals surface area contributed by atoms with Crippen molar-refractivity contribution in [2.45, 2.75) is 13.8 Å². The van der Waals surface area contributed by atoms with Crippen LogP contribution in [0.2, 0.25) is 0 Å². The van der Waals surface area contributed by atoms with Gasteiger partial charge < -0.3 is 0 Å². The molecule has 4 aromatic rings. The Kier molecular flexibility index (Phi) is 5.88. The fourth-order valence-electron chi connectivity index (χ4n) is 3.39. The number of aryl methyl sites for hydroxylation is 2. The van der Waals surface area contributed by atoms with Crippen LogP contribution in [0.1, 0.15) is 22.4 Å². The van der Waals surface area contributed by atoms with Crippen molar-refractivity contribution in [1.82, 2.24) is 29.9 Å². The van der Waals surface area contributed by atoms with Gasteiger partial charge in [-0.2, -0.15) is 15.3 Å². The van der Waals surface area contributed by atoms with Crippen molar-refractivity contribution in [2.75, 3.05) is 0 Å². The second kappa shape index (κ2) is 9.28. The lowest BCUT2D eigenvalue weighted by molar-refractivity contribution is -0.115. The molecule has 1 fully saturated rings. The first-order chi connectivity index (χ1) is 16.6. The number of nitrogens with zero attached hydrogens (tertiary/aromatic N) is 7. The predicted molar refractivity (Wildman–Crippen MR) is 133 cm³/mol. The van der Waals surface area contributed by atoms with Crippen molar-refractivity contribution in [3.05, 3.63) is 94.5 Å². The average Bonchev–Trinajstić information content (AvgIpc) is 3.56. The van der Waals surface area contributed by atoms with Crippen LogP contribution in [0.3, 0.4) is 0 Å². The van der Waals surface area contributed by atoms with E-state index < -0.39 is 0 Å². The Hall–Kier alpha value is -4.31. The predicted octanol–water partition coefficient (Wildman–Crippen LogP) is 3.66. The van der Waals surface area contributed by atoms with Crippen molar-refractivity contribution in [3.63, 3.8) is 0 Å². The average molecular weight is 469 g/mol. The summed E-state index contributed by atoms with van der Waals surface area (Å²) in [5.74, 6) is 0.490. The number of benzene rings is 2. The zero-order valence-corrected chi connectivity index (χ0v) is 19.3. The maximum Gasteiger partial charge on any atom is 0.264 e. The monoisotopic (exact) mass is 468 g/mol. The van der Waals surface area contributed by atoms with E-state index in [2.05, 4.69) is 30.7 Å². The number of hydrogen-bond acceptors (Lipinski definition) is 7. The fraction of sp³-hybridized carbons (Fsp3) is 0.0833. The number of para-hydroxylation sites is 1. The fourth-order valence-corrected chi connectivity index (χ4v) is 4.17. The molecule has 10 heteroatoms. The molecule has 0 spiro atoms. The molecule has 34 heavy (non-hydrogen) atoms. The van der Waals surface area contributed by atoms with Crippen LogP contribution in [0, 0.1) is 13.8 Å². The Morgan fingerprint density at radius 3 is 2.59 bits per heavy atom. The van der Waals surface area contributed by atoms with Gasteiger partial charge in [0.05, 0.1) is 28.1 Å². The summed E-state index contributed by atoms with van der Waals surface area (Å²) in [5, 5.41) is 20.6. The Balaban J connectivity index is 1.43. The molecule has 3 heterocycles. The first kappa shape index (κ1) is 21.5. The first-order valence-electron chi connectivity index (χ1n) is 10.5. The Labute approximate surface area is 199 Å². The third kappa shape index (κ3) is 4.44. The third-order valence-corrected chi connectivity index (χ3v) is 5.98. The van der Waals surface area contributed by atoms with E-state index in [0.717, 1.165) is 22.5 Å². The lowest BCUT2D eigenvalue weighted by Crippen LogP contribution is -2.19. The highest BCUT2D eigenvalue weighted by Crippen LogP contribution is 2.26. The standard InChI is InChI=1S/C24H20N8OS/c1-16-8-10-18(11-9-16)12-21-22(33)28-24(34-21)29-26-13-20-17(2)30-32(19-6-4-3-5-7-19)23(20)31-15-25-14-27-31/h3-15H,1-2H3,(H,28,29,33). The number of carbonyl (C=O) groups excluding carboxylic acids is 1. The van der Waals surface area contributed by atoms with Crippen molar-refractivity contribution < 1.29 is 4.79 Å². The number of amides is 1. The molecule has 1 N–H and O–H groups in total. The zero-order valence-electron chi connectivity index (χ0n) is 18.5. The minimum Gasteiger partial charge on any atom is -0.299 e. The van der Waals surface area contributed by atoms with Crippen LogP contribution in [0.25, 0.3) is 17.6 Å². The number of hydrogen-bond donors (Lipinski definition) is 1. The van der Waals surface area contributed by atoms with E-state index in [1.165, 1.54) is 23.7 Å². The minimum atomic E-state index is -0.198. The highest BCUT2D eigenvalue weighted by molar-refractivity contribution is 8.18. The van der Waals surface area contributed by atoms with Crippen LogP contribution in [-0.2, 0) is 4.79 Å². The summed E-state index contributed by atoms with van der Waals surface area (Å²) in [6.07, 6.45) is 6.52. The second-order valence-electron chi connectivity index (χ2n) is 7.54. The number of rotatable bonds is 5. The molecule has 1 saturated heterocycles. The number of thioether (sulfide) groups is 1. The molecule has 9 nitrogen and oxygen atoms in total. The van der Waals surface area contributed by atoms with Crippen molar-refractivity contribution in [1.29, 1.82) is 0 Å². The molecule has 2 aromatic carbocycles. The van der Waals surface area contributed by atoms with Crippen LogP contribution in [0.15, 0.2) is 82.4 Å².